The minimum Gasteiger partial charge on any atom is -0.381 e. The SMILES string of the molecule is CN=C(NCCCSc1ccccc1)NCC(C1CCOC1)N1CCOCC1.I. The average molecular weight is 535 g/mol. The molecule has 6 nitrogen and oxygen atoms in total. The van der Waals surface area contributed by atoms with E-state index in [-0.39, 0.29) is 24.0 Å². The Morgan fingerprint density at radius 2 is 1.97 bits per heavy atom. The number of guanidine groups is 1. The summed E-state index contributed by atoms with van der Waals surface area (Å²) in [6.07, 6.45) is 2.25. The van der Waals surface area contributed by atoms with Crippen molar-refractivity contribution in [2.24, 2.45) is 10.9 Å². The van der Waals surface area contributed by atoms with Crippen molar-refractivity contribution in [3.05, 3.63) is 30.3 Å². The lowest BCUT2D eigenvalue weighted by atomic mass is 9.97. The monoisotopic (exact) mass is 534 g/mol. The third-order valence-corrected chi connectivity index (χ3v) is 6.45. The van der Waals surface area contributed by atoms with Crippen LogP contribution in [0.1, 0.15) is 12.8 Å². The normalized spacial score (nSPS) is 21.4. The Labute approximate surface area is 196 Å². The molecule has 29 heavy (non-hydrogen) atoms. The van der Waals surface area contributed by atoms with Gasteiger partial charge in [0, 0.05) is 56.7 Å². The van der Waals surface area contributed by atoms with Crippen molar-refractivity contribution in [1.82, 2.24) is 15.5 Å². The minimum absolute atomic E-state index is 0. The molecule has 8 heteroatoms. The maximum Gasteiger partial charge on any atom is 0.191 e. The van der Waals surface area contributed by atoms with Crippen molar-refractivity contribution >= 4 is 41.7 Å². The zero-order chi connectivity index (χ0) is 19.4. The number of aliphatic imine (C=N–C) groups is 1. The van der Waals surface area contributed by atoms with Crippen LogP contribution >= 0.6 is 35.7 Å². The smallest absolute Gasteiger partial charge is 0.191 e. The molecule has 0 amide bonds. The molecule has 0 aliphatic carbocycles. The van der Waals surface area contributed by atoms with Crippen LogP contribution in [0.3, 0.4) is 0 Å². The third kappa shape index (κ3) is 8.61. The Hall–Kier alpha value is -0.550. The van der Waals surface area contributed by atoms with Gasteiger partial charge in [0.2, 0.25) is 0 Å². The van der Waals surface area contributed by atoms with Crippen LogP contribution in [0.2, 0.25) is 0 Å². The van der Waals surface area contributed by atoms with E-state index in [0.717, 1.165) is 77.2 Å². The van der Waals surface area contributed by atoms with Crippen LogP contribution in [0.15, 0.2) is 40.2 Å². The van der Waals surface area contributed by atoms with Gasteiger partial charge in [-0.3, -0.25) is 9.89 Å². The number of halogens is 1. The largest absolute Gasteiger partial charge is 0.381 e. The zero-order valence-electron chi connectivity index (χ0n) is 17.3. The maximum atomic E-state index is 5.66. The molecule has 2 unspecified atom stereocenters. The Morgan fingerprint density at radius 3 is 2.66 bits per heavy atom. The summed E-state index contributed by atoms with van der Waals surface area (Å²) in [5.74, 6) is 2.58. The molecule has 3 rings (SSSR count). The highest BCUT2D eigenvalue weighted by molar-refractivity contribution is 14.0. The van der Waals surface area contributed by atoms with E-state index in [1.807, 2.05) is 18.8 Å². The summed E-state index contributed by atoms with van der Waals surface area (Å²) in [6, 6.07) is 11.0. The molecule has 2 saturated heterocycles. The molecule has 0 radical (unpaired) electrons. The fourth-order valence-corrected chi connectivity index (χ4v) is 4.64. The van der Waals surface area contributed by atoms with Crippen LogP contribution in [0, 0.1) is 5.92 Å². The Morgan fingerprint density at radius 1 is 1.17 bits per heavy atom. The highest BCUT2D eigenvalue weighted by Gasteiger charge is 2.31. The molecule has 2 heterocycles. The molecule has 0 aromatic heterocycles. The van der Waals surface area contributed by atoms with Crippen molar-refractivity contribution in [3.8, 4) is 0 Å². The second-order valence-corrected chi connectivity index (χ2v) is 8.40. The number of ether oxygens (including phenoxy) is 2. The van der Waals surface area contributed by atoms with Gasteiger partial charge in [0.05, 0.1) is 19.8 Å². The molecule has 0 saturated carbocycles. The van der Waals surface area contributed by atoms with Gasteiger partial charge in [-0.1, -0.05) is 18.2 Å². The maximum absolute atomic E-state index is 5.66. The minimum atomic E-state index is 0. The quantitative estimate of drug-likeness (QED) is 0.167. The van der Waals surface area contributed by atoms with Crippen molar-refractivity contribution in [2.45, 2.75) is 23.8 Å². The highest BCUT2D eigenvalue weighted by atomic mass is 127. The molecule has 2 atom stereocenters. The molecule has 0 bridgehead atoms. The molecule has 0 spiro atoms. The van der Waals surface area contributed by atoms with Crippen LogP contribution in [0.4, 0.5) is 0 Å². The summed E-state index contributed by atoms with van der Waals surface area (Å²) in [6.45, 7) is 7.24. The zero-order valence-corrected chi connectivity index (χ0v) is 20.5. The lowest BCUT2D eigenvalue weighted by Gasteiger charge is -2.37. The second-order valence-electron chi connectivity index (χ2n) is 7.23. The summed E-state index contributed by atoms with van der Waals surface area (Å²) in [7, 11) is 1.84. The van der Waals surface area contributed by atoms with E-state index in [2.05, 4.69) is 50.9 Å². The standard InChI is InChI=1S/C21H34N4O2S.HI/c1-22-21(23-9-5-15-28-19-6-3-2-4-7-19)24-16-20(18-8-12-27-17-18)25-10-13-26-14-11-25;/h2-4,6-7,18,20H,5,8-17H2,1H3,(H2,22,23,24);1H. The first-order valence-electron chi connectivity index (χ1n) is 10.4. The van der Waals surface area contributed by atoms with E-state index in [9.17, 15) is 0 Å². The number of thioether (sulfide) groups is 1. The van der Waals surface area contributed by atoms with Crippen molar-refractivity contribution in [1.29, 1.82) is 0 Å². The van der Waals surface area contributed by atoms with Crippen LogP contribution in [0.5, 0.6) is 0 Å². The number of benzene rings is 1. The van der Waals surface area contributed by atoms with E-state index in [1.54, 1.807) is 0 Å². The third-order valence-electron chi connectivity index (χ3n) is 5.35. The Kier molecular flexibility index (Phi) is 12.3. The molecule has 164 valence electrons. The van der Waals surface area contributed by atoms with Gasteiger partial charge >= 0.3 is 0 Å². The van der Waals surface area contributed by atoms with Gasteiger partial charge in [-0.15, -0.1) is 35.7 Å². The molecule has 2 N–H and O–H groups in total. The first-order valence-corrected chi connectivity index (χ1v) is 11.4. The van der Waals surface area contributed by atoms with Crippen molar-refractivity contribution < 1.29 is 9.47 Å². The number of rotatable bonds is 9. The fraction of sp³-hybridized carbons (Fsp3) is 0.667. The summed E-state index contributed by atoms with van der Waals surface area (Å²) >= 11 is 1.90. The number of hydrogen-bond acceptors (Lipinski definition) is 5. The summed E-state index contributed by atoms with van der Waals surface area (Å²) < 4.78 is 11.2. The van der Waals surface area contributed by atoms with E-state index in [1.165, 1.54) is 4.90 Å². The van der Waals surface area contributed by atoms with Crippen LogP contribution < -0.4 is 10.6 Å². The Balaban J connectivity index is 0.00000300. The van der Waals surface area contributed by atoms with Crippen LogP contribution in [-0.4, -0.2) is 82.3 Å². The molecular formula is C21H35IN4O2S. The summed E-state index contributed by atoms with van der Waals surface area (Å²) in [5, 5.41) is 7.00. The first-order chi connectivity index (χ1) is 13.9. The fourth-order valence-electron chi connectivity index (χ4n) is 3.77. The molecular weight excluding hydrogens is 499 g/mol. The second kappa shape index (κ2) is 14.5. The Bertz CT molecular complexity index is 581. The van der Waals surface area contributed by atoms with Crippen LogP contribution in [-0.2, 0) is 9.47 Å². The number of morpholine rings is 1. The van der Waals surface area contributed by atoms with E-state index < -0.39 is 0 Å². The predicted octanol–water partition coefficient (Wildman–Crippen LogP) is 2.69. The number of nitrogens with zero attached hydrogens (tertiary/aromatic N) is 2. The molecule has 1 aromatic rings. The molecule has 2 fully saturated rings. The predicted molar refractivity (Wildman–Crippen MR) is 132 cm³/mol. The highest BCUT2D eigenvalue weighted by Crippen LogP contribution is 2.22. The number of nitrogens with one attached hydrogen (secondary N) is 2. The van der Waals surface area contributed by atoms with Gasteiger partial charge in [0.1, 0.15) is 0 Å². The topological polar surface area (TPSA) is 58.1 Å². The van der Waals surface area contributed by atoms with E-state index in [0.29, 0.717) is 12.0 Å². The van der Waals surface area contributed by atoms with E-state index in [4.69, 9.17) is 9.47 Å². The number of hydrogen-bond donors (Lipinski definition) is 2. The first kappa shape index (κ1) is 24.7. The van der Waals surface area contributed by atoms with Gasteiger partial charge < -0.3 is 20.1 Å². The molecule has 2 aliphatic rings. The van der Waals surface area contributed by atoms with Crippen molar-refractivity contribution in [2.75, 3.05) is 65.4 Å². The summed E-state index contributed by atoms with van der Waals surface area (Å²) in [5.41, 5.74) is 0. The van der Waals surface area contributed by atoms with E-state index >= 15 is 0 Å². The van der Waals surface area contributed by atoms with Crippen molar-refractivity contribution in [3.63, 3.8) is 0 Å². The molecule has 2 aliphatic heterocycles. The lowest BCUT2D eigenvalue weighted by Crippen LogP contribution is -2.53. The average Bonchev–Trinajstić information content (AvgIpc) is 3.28. The molecule has 1 aromatic carbocycles. The van der Waals surface area contributed by atoms with Crippen LogP contribution in [0.25, 0.3) is 0 Å². The van der Waals surface area contributed by atoms with Gasteiger partial charge in [0.15, 0.2) is 5.96 Å². The summed E-state index contributed by atoms with van der Waals surface area (Å²) in [4.78, 5) is 8.29. The van der Waals surface area contributed by atoms with Gasteiger partial charge in [-0.05, 0) is 30.7 Å². The van der Waals surface area contributed by atoms with Gasteiger partial charge in [-0.25, -0.2) is 0 Å². The lowest BCUT2D eigenvalue weighted by molar-refractivity contribution is 0.00247. The van der Waals surface area contributed by atoms with Gasteiger partial charge in [-0.2, -0.15) is 0 Å². The van der Waals surface area contributed by atoms with Gasteiger partial charge in [0.25, 0.3) is 0 Å².